The first-order valence-corrected chi connectivity index (χ1v) is 11.1. The number of rotatable bonds is 7. The van der Waals surface area contributed by atoms with Crippen molar-refractivity contribution >= 4 is 17.8 Å². The molecular weight excluding hydrogens is 352 g/mol. The summed E-state index contributed by atoms with van der Waals surface area (Å²) in [6, 6.07) is 0. The largest absolute Gasteiger partial charge is 0.357 e. The second-order valence-electron chi connectivity index (χ2n) is 9.32. The number of likely N-dealkylation sites (tertiary alicyclic amines) is 1. The van der Waals surface area contributed by atoms with Crippen LogP contribution in [0.2, 0.25) is 0 Å². The third-order valence-corrected chi connectivity index (χ3v) is 7.19. The van der Waals surface area contributed by atoms with E-state index < -0.39 is 0 Å². The highest BCUT2D eigenvalue weighted by Crippen LogP contribution is 2.52. The van der Waals surface area contributed by atoms with Crippen LogP contribution in [0, 0.1) is 29.1 Å². The minimum atomic E-state index is -0.0819. The number of amides is 2. The molecule has 1 aliphatic heterocycles. The van der Waals surface area contributed by atoms with Crippen molar-refractivity contribution in [1.29, 1.82) is 0 Å². The molecule has 2 N–H and O–H groups in total. The fourth-order valence-electron chi connectivity index (χ4n) is 5.63. The average molecular weight is 387 g/mol. The SMILES string of the molecule is CCNC(=NCC1(C)CCCC1)NCCCN1C(=O)C2C3C=CC(C3)C2C1=O. The zero-order valence-corrected chi connectivity index (χ0v) is 17.2. The summed E-state index contributed by atoms with van der Waals surface area (Å²) in [5, 5.41) is 6.68. The van der Waals surface area contributed by atoms with Crippen LogP contribution >= 0.6 is 0 Å². The van der Waals surface area contributed by atoms with E-state index in [0.717, 1.165) is 31.9 Å². The van der Waals surface area contributed by atoms with Gasteiger partial charge in [0, 0.05) is 26.2 Å². The summed E-state index contributed by atoms with van der Waals surface area (Å²) in [5.41, 5.74) is 0.335. The lowest BCUT2D eigenvalue weighted by atomic mass is 9.85. The Balaban J connectivity index is 1.25. The number of hydrogen-bond donors (Lipinski definition) is 2. The third kappa shape index (κ3) is 3.58. The smallest absolute Gasteiger partial charge is 0.233 e. The second-order valence-corrected chi connectivity index (χ2v) is 9.32. The Labute approximate surface area is 168 Å². The Kier molecular flexibility index (Phi) is 5.48. The number of allylic oxidation sites excluding steroid dienone is 2. The maximum Gasteiger partial charge on any atom is 0.233 e. The van der Waals surface area contributed by atoms with Crippen LogP contribution in [0.25, 0.3) is 0 Å². The minimum absolute atomic E-state index is 0.0570. The van der Waals surface area contributed by atoms with Crippen molar-refractivity contribution in [2.45, 2.75) is 52.4 Å². The van der Waals surface area contributed by atoms with Crippen LogP contribution < -0.4 is 10.6 Å². The van der Waals surface area contributed by atoms with Crippen LogP contribution in [0.1, 0.15) is 52.4 Å². The van der Waals surface area contributed by atoms with Crippen molar-refractivity contribution in [3.63, 3.8) is 0 Å². The standard InChI is InChI=1S/C22H34N4O2/c1-3-23-21(25-14-22(2)9-4-5-10-22)24-11-6-12-26-19(27)17-15-7-8-16(13-15)18(17)20(26)28/h7-8,15-18H,3-6,9-14H2,1-2H3,(H2,23,24,25). The Bertz CT molecular complexity index is 650. The molecule has 0 radical (unpaired) electrons. The third-order valence-electron chi connectivity index (χ3n) is 7.19. The predicted octanol–water partition coefficient (Wildman–Crippen LogP) is 2.32. The fraction of sp³-hybridized carbons (Fsp3) is 0.773. The number of hydrogen-bond acceptors (Lipinski definition) is 3. The lowest BCUT2D eigenvalue weighted by Crippen LogP contribution is -2.40. The summed E-state index contributed by atoms with van der Waals surface area (Å²) >= 11 is 0. The van der Waals surface area contributed by atoms with Gasteiger partial charge in [-0.25, -0.2) is 0 Å². The zero-order chi connectivity index (χ0) is 19.7. The fourth-order valence-corrected chi connectivity index (χ4v) is 5.63. The van der Waals surface area contributed by atoms with Crippen molar-refractivity contribution in [3.8, 4) is 0 Å². The van der Waals surface area contributed by atoms with Crippen LogP contribution in [0.4, 0.5) is 0 Å². The van der Waals surface area contributed by atoms with Crippen molar-refractivity contribution in [1.82, 2.24) is 15.5 Å². The maximum atomic E-state index is 12.7. The number of carbonyl (C=O) groups excluding carboxylic acids is 2. The molecular formula is C22H34N4O2. The lowest BCUT2D eigenvalue weighted by Gasteiger charge is -2.22. The maximum absolute atomic E-state index is 12.7. The molecule has 0 spiro atoms. The van der Waals surface area contributed by atoms with Crippen molar-refractivity contribution < 1.29 is 9.59 Å². The Morgan fingerprint density at radius 1 is 1.14 bits per heavy atom. The van der Waals surface area contributed by atoms with Crippen LogP contribution in [0.3, 0.4) is 0 Å². The molecule has 154 valence electrons. The highest BCUT2D eigenvalue weighted by atomic mass is 16.2. The molecule has 0 aromatic rings. The van der Waals surface area contributed by atoms with Gasteiger partial charge in [-0.05, 0) is 49.9 Å². The van der Waals surface area contributed by atoms with Crippen LogP contribution in [-0.4, -0.2) is 48.9 Å². The van der Waals surface area contributed by atoms with E-state index in [1.54, 1.807) is 0 Å². The first-order valence-electron chi connectivity index (χ1n) is 11.1. The van der Waals surface area contributed by atoms with E-state index >= 15 is 0 Å². The molecule has 6 nitrogen and oxygen atoms in total. The molecule has 2 saturated carbocycles. The molecule has 2 bridgehead atoms. The van der Waals surface area contributed by atoms with Gasteiger partial charge < -0.3 is 10.6 Å². The van der Waals surface area contributed by atoms with Gasteiger partial charge in [-0.1, -0.05) is 31.9 Å². The highest BCUT2D eigenvalue weighted by molar-refractivity contribution is 6.06. The number of guanidine groups is 1. The predicted molar refractivity (Wildman–Crippen MR) is 110 cm³/mol. The first-order chi connectivity index (χ1) is 13.5. The van der Waals surface area contributed by atoms with Gasteiger partial charge in [0.2, 0.25) is 11.8 Å². The number of imide groups is 1. The molecule has 2 amide bonds. The summed E-state index contributed by atoms with van der Waals surface area (Å²) < 4.78 is 0. The molecule has 4 aliphatic rings. The molecule has 3 fully saturated rings. The number of aliphatic imine (C=N–C) groups is 1. The summed E-state index contributed by atoms with van der Waals surface area (Å²) in [7, 11) is 0. The molecule has 6 heteroatoms. The average Bonchev–Trinajstić information content (AvgIpc) is 3.44. The van der Waals surface area contributed by atoms with E-state index in [4.69, 9.17) is 4.99 Å². The van der Waals surface area contributed by atoms with E-state index in [1.807, 2.05) is 0 Å². The molecule has 4 rings (SSSR count). The van der Waals surface area contributed by atoms with E-state index in [1.165, 1.54) is 30.6 Å². The molecule has 0 aromatic carbocycles. The van der Waals surface area contributed by atoms with Crippen LogP contribution in [0.5, 0.6) is 0 Å². The van der Waals surface area contributed by atoms with E-state index in [0.29, 0.717) is 30.3 Å². The lowest BCUT2D eigenvalue weighted by molar-refractivity contribution is -0.140. The number of fused-ring (bicyclic) bond motifs is 5. The zero-order valence-electron chi connectivity index (χ0n) is 17.2. The Morgan fingerprint density at radius 2 is 1.79 bits per heavy atom. The number of nitrogens with one attached hydrogen (secondary N) is 2. The molecule has 1 heterocycles. The van der Waals surface area contributed by atoms with Crippen molar-refractivity contribution in [2.24, 2.45) is 34.1 Å². The second kappa shape index (κ2) is 7.88. The van der Waals surface area contributed by atoms with Gasteiger partial charge in [0.25, 0.3) is 0 Å². The van der Waals surface area contributed by atoms with Gasteiger partial charge >= 0.3 is 0 Å². The van der Waals surface area contributed by atoms with Gasteiger partial charge in [0.05, 0.1) is 11.8 Å². The Hall–Kier alpha value is -1.85. The van der Waals surface area contributed by atoms with Gasteiger partial charge in [-0.3, -0.25) is 19.5 Å². The highest BCUT2D eigenvalue weighted by Gasteiger charge is 2.58. The molecule has 4 atom stereocenters. The monoisotopic (exact) mass is 386 g/mol. The normalized spacial score (nSPS) is 33.1. The van der Waals surface area contributed by atoms with Gasteiger partial charge in [-0.2, -0.15) is 0 Å². The quantitative estimate of drug-likeness (QED) is 0.232. The summed E-state index contributed by atoms with van der Waals surface area (Å²) in [4.78, 5) is 31.7. The molecule has 28 heavy (non-hydrogen) atoms. The van der Waals surface area contributed by atoms with Gasteiger partial charge in [-0.15, -0.1) is 0 Å². The molecule has 3 aliphatic carbocycles. The molecule has 0 aromatic heterocycles. The van der Waals surface area contributed by atoms with E-state index in [9.17, 15) is 9.59 Å². The molecule has 1 saturated heterocycles. The number of carbonyl (C=O) groups is 2. The van der Waals surface area contributed by atoms with E-state index in [-0.39, 0.29) is 23.7 Å². The van der Waals surface area contributed by atoms with Crippen molar-refractivity contribution in [2.75, 3.05) is 26.2 Å². The summed E-state index contributed by atoms with van der Waals surface area (Å²) in [6.07, 6.45) is 11.2. The van der Waals surface area contributed by atoms with Gasteiger partial charge in [0.15, 0.2) is 5.96 Å². The summed E-state index contributed by atoms with van der Waals surface area (Å²) in [5.74, 6) is 1.37. The van der Waals surface area contributed by atoms with E-state index in [2.05, 4.69) is 36.6 Å². The van der Waals surface area contributed by atoms with Crippen LogP contribution in [-0.2, 0) is 9.59 Å². The summed E-state index contributed by atoms with van der Waals surface area (Å²) in [6.45, 7) is 7.29. The topological polar surface area (TPSA) is 73.8 Å². The van der Waals surface area contributed by atoms with Gasteiger partial charge in [0.1, 0.15) is 0 Å². The van der Waals surface area contributed by atoms with Crippen molar-refractivity contribution in [3.05, 3.63) is 12.2 Å². The molecule has 4 unspecified atom stereocenters. The minimum Gasteiger partial charge on any atom is -0.357 e. The van der Waals surface area contributed by atoms with Crippen LogP contribution in [0.15, 0.2) is 17.1 Å². The number of nitrogens with zero attached hydrogens (tertiary/aromatic N) is 2. The Morgan fingerprint density at radius 3 is 2.39 bits per heavy atom. The first kappa shape index (κ1) is 19.5.